The fraction of sp³-hybridized carbons (Fsp3) is 0.0476. The van der Waals surface area contributed by atoms with Crippen LogP contribution in [0.2, 0.25) is 0 Å². The maximum Gasteiger partial charge on any atom is 0.416 e. The molecule has 0 unspecified atom stereocenters. The average Bonchev–Trinajstić information content (AvgIpc) is 3.69. The van der Waals surface area contributed by atoms with Gasteiger partial charge in [-0.1, -0.05) is 152 Å². The largest absolute Gasteiger partial charge is 0.416 e. The summed E-state index contributed by atoms with van der Waals surface area (Å²) in [6.45, 7) is 0. The fourth-order valence-corrected chi connectivity index (χ4v) is 11.5. The van der Waals surface area contributed by atoms with Crippen LogP contribution >= 0.6 is 0 Å². The molecule has 0 fully saturated rings. The zero-order valence-corrected chi connectivity index (χ0v) is 37.6. The molecule has 342 valence electrons. The highest BCUT2D eigenvalue weighted by molar-refractivity contribution is 6.14. The molecule has 11 aromatic rings. The van der Waals surface area contributed by atoms with Gasteiger partial charge in [-0.2, -0.15) is 26.3 Å². The van der Waals surface area contributed by atoms with E-state index in [9.17, 15) is 26.3 Å². The second-order valence-electron chi connectivity index (χ2n) is 18.2. The van der Waals surface area contributed by atoms with Gasteiger partial charge in [0.25, 0.3) is 0 Å². The van der Waals surface area contributed by atoms with E-state index in [1.54, 1.807) is 12.1 Å². The van der Waals surface area contributed by atoms with Crippen LogP contribution in [0.1, 0.15) is 33.4 Å². The molecule has 0 radical (unpaired) electrons. The first-order valence-corrected chi connectivity index (χ1v) is 23.3. The molecule has 0 N–H and O–H groups in total. The molecule has 1 spiro atoms. The van der Waals surface area contributed by atoms with E-state index in [1.165, 1.54) is 12.1 Å². The highest BCUT2D eigenvalue weighted by Crippen LogP contribution is 2.63. The van der Waals surface area contributed by atoms with E-state index in [0.29, 0.717) is 11.4 Å². The number of halogens is 6. The molecule has 2 nitrogen and oxygen atoms in total. The van der Waals surface area contributed by atoms with Crippen molar-refractivity contribution in [3.63, 3.8) is 0 Å². The van der Waals surface area contributed by atoms with E-state index in [2.05, 4.69) is 107 Å². The summed E-state index contributed by atoms with van der Waals surface area (Å²) < 4.78 is 84.6. The standard InChI is InChI=1S/C63H38F6N2/c64-62(65,66)41-26-30-43(31-27-41)70(57-24-9-14-39-12-1-3-16-46(39)57)45-34-35-50-51-36-37-59(71(44-32-28-42(29-33-44)63(67,68)69)58-25-10-15-40-13-2-4-17-47(40)58)52-20-11-23-55(60(51)52)61(56(50)38-45)53-21-7-5-18-48(53)49-19-6-8-22-54(49)61/h1-38H. The Morgan fingerprint density at radius 2 is 0.704 bits per heavy atom. The molecular weight excluding hydrogens is 899 g/mol. The predicted molar refractivity (Wildman–Crippen MR) is 275 cm³/mol. The van der Waals surface area contributed by atoms with E-state index in [1.807, 2.05) is 84.9 Å². The molecule has 71 heavy (non-hydrogen) atoms. The van der Waals surface area contributed by atoms with Gasteiger partial charge in [0.2, 0.25) is 0 Å². The van der Waals surface area contributed by atoms with E-state index in [-0.39, 0.29) is 0 Å². The lowest BCUT2D eigenvalue weighted by Gasteiger charge is -2.41. The minimum Gasteiger partial charge on any atom is -0.310 e. The SMILES string of the molecule is FC(F)(F)c1ccc(N(c2ccc3c(c2)C2(c4ccccc4-c4ccccc42)c2cccc4c(N(c5ccc(C(F)(F)F)cc5)c5cccc6ccccc56)ccc-3c24)c2cccc3ccccc23)cc1. The smallest absolute Gasteiger partial charge is 0.310 e. The first-order chi connectivity index (χ1) is 34.5. The van der Waals surface area contributed by atoms with Gasteiger partial charge in [-0.05, 0) is 140 Å². The van der Waals surface area contributed by atoms with Crippen molar-refractivity contribution in [2.24, 2.45) is 0 Å². The lowest BCUT2D eigenvalue weighted by atomic mass is 9.61. The van der Waals surface area contributed by atoms with Gasteiger partial charge < -0.3 is 9.80 Å². The second-order valence-corrected chi connectivity index (χ2v) is 18.2. The van der Waals surface area contributed by atoms with Crippen LogP contribution in [-0.2, 0) is 17.8 Å². The molecule has 0 aromatic heterocycles. The van der Waals surface area contributed by atoms with E-state index in [4.69, 9.17) is 0 Å². The summed E-state index contributed by atoms with van der Waals surface area (Å²) in [5.74, 6) is 0. The monoisotopic (exact) mass is 936 g/mol. The van der Waals surface area contributed by atoms with Crippen molar-refractivity contribution in [1.29, 1.82) is 0 Å². The zero-order valence-electron chi connectivity index (χ0n) is 37.6. The summed E-state index contributed by atoms with van der Waals surface area (Å²) in [4.78, 5) is 4.12. The molecule has 2 aliphatic rings. The van der Waals surface area contributed by atoms with Crippen molar-refractivity contribution in [3.05, 3.63) is 264 Å². The van der Waals surface area contributed by atoms with Gasteiger partial charge >= 0.3 is 12.4 Å². The number of fused-ring (bicyclic) bond motifs is 11. The van der Waals surface area contributed by atoms with Crippen molar-refractivity contribution in [2.45, 2.75) is 17.8 Å². The third-order valence-corrected chi connectivity index (χ3v) is 14.5. The van der Waals surface area contributed by atoms with E-state index < -0.39 is 28.9 Å². The van der Waals surface area contributed by atoms with Gasteiger partial charge in [-0.25, -0.2) is 0 Å². The van der Waals surface area contributed by atoms with Crippen LogP contribution in [-0.4, -0.2) is 0 Å². The number of benzene rings is 11. The minimum absolute atomic E-state index is 0.565. The minimum atomic E-state index is -4.51. The van der Waals surface area contributed by atoms with Gasteiger partial charge in [-0.3, -0.25) is 0 Å². The fourth-order valence-electron chi connectivity index (χ4n) is 11.5. The molecular formula is C63H38F6N2. The number of hydrogen-bond acceptors (Lipinski definition) is 2. The first kappa shape index (κ1) is 42.5. The molecule has 8 heteroatoms. The topological polar surface area (TPSA) is 6.48 Å². The lowest BCUT2D eigenvalue weighted by molar-refractivity contribution is -0.138. The maximum atomic E-state index is 14.1. The Labute approximate surface area is 404 Å². The Bertz CT molecular complexity index is 3870. The Morgan fingerprint density at radius 1 is 0.296 bits per heavy atom. The highest BCUT2D eigenvalue weighted by atomic mass is 19.4. The summed E-state index contributed by atoms with van der Waals surface area (Å²) in [6.07, 6.45) is -9.02. The van der Waals surface area contributed by atoms with Gasteiger partial charge in [0.05, 0.1) is 33.6 Å². The molecule has 0 amide bonds. The Balaban J connectivity index is 1.11. The molecule has 0 saturated carbocycles. The van der Waals surface area contributed by atoms with Crippen LogP contribution in [0.25, 0.3) is 54.6 Å². The molecule has 2 aliphatic carbocycles. The molecule has 0 heterocycles. The Kier molecular flexibility index (Phi) is 9.39. The van der Waals surface area contributed by atoms with Crippen molar-refractivity contribution in [3.8, 4) is 22.3 Å². The van der Waals surface area contributed by atoms with Crippen LogP contribution in [0.15, 0.2) is 231 Å². The van der Waals surface area contributed by atoms with E-state index in [0.717, 1.165) is 124 Å². The third kappa shape index (κ3) is 6.44. The number of hydrogen-bond donors (Lipinski definition) is 0. The van der Waals surface area contributed by atoms with Crippen molar-refractivity contribution < 1.29 is 26.3 Å². The summed E-state index contributed by atoms with van der Waals surface area (Å²) >= 11 is 0. The predicted octanol–water partition coefficient (Wildman–Crippen LogP) is 18.5. The number of nitrogens with zero attached hydrogens (tertiary/aromatic N) is 2. The molecule has 0 atom stereocenters. The van der Waals surface area contributed by atoms with Crippen molar-refractivity contribution in [1.82, 2.24) is 0 Å². The Morgan fingerprint density at radius 3 is 1.28 bits per heavy atom. The van der Waals surface area contributed by atoms with Crippen LogP contribution in [0.5, 0.6) is 0 Å². The molecule has 0 aliphatic heterocycles. The molecule has 11 aromatic carbocycles. The first-order valence-electron chi connectivity index (χ1n) is 23.3. The quantitative estimate of drug-likeness (QED) is 0.153. The van der Waals surface area contributed by atoms with Crippen LogP contribution < -0.4 is 9.80 Å². The zero-order chi connectivity index (χ0) is 48.2. The molecule has 0 bridgehead atoms. The average molecular weight is 937 g/mol. The summed E-state index contributed by atoms with van der Waals surface area (Å²) in [5, 5.41) is 5.76. The molecule has 13 rings (SSSR count). The van der Waals surface area contributed by atoms with Crippen molar-refractivity contribution >= 4 is 66.4 Å². The van der Waals surface area contributed by atoms with Crippen LogP contribution in [0.3, 0.4) is 0 Å². The summed E-state index contributed by atoms with van der Waals surface area (Å²) in [5.41, 5.74) is 10.3. The number of anilines is 6. The van der Waals surface area contributed by atoms with Gasteiger partial charge in [-0.15, -0.1) is 0 Å². The highest BCUT2D eigenvalue weighted by Gasteiger charge is 2.50. The van der Waals surface area contributed by atoms with E-state index >= 15 is 0 Å². The van der Waals surface area contributed by atoms with Crippen LogP contribution in [0, 0.1) is 0 Å². The summed E-state index contributed by atoms with van der Waals surface area (Å²) in [6, 6.07) is 72.7. The van der Waals surface area contributed by atoms with Crippen LogP contribution in [0.4, 0.5) is 60.5 Å². The maximum absolute atomic E-state index is 14.1. The normalized spacial score (nSPS) is 13.3. The second kappa shape index (κ2) is 15.7. The Hall–Kier alpha value is -8.62. The van der Waals surface area contributed by atoms with Gasteiger partial charge in [0, 0.05) is 33.2 Å². The van der Waals surface area contributed by atoms with Gasteiger partial charge in [0.1, 0.15) is 0 Å². The van der Waals surface area contributed by atoms with Gasteiger partial charge in [0.15, 0.2) is 0 Å². The molecule has 0 saturated heterocycles. The lowest BCUT2D eigenvalue weighted by Crippen LogP contribution is -2.32. The van der Waals surface area contributed by atoms with Crippen molar-refractivity contribution in [2.75, 3.05) is 9.80 Å². The number of alkyl halides is 6. The third-order valence-electron chi connectivity index (χ3n) is 14.5. The summed E-state index contributed by atoms with van der Waals surface area (Å²) in [7, 11) is 0. The number of rotatable bonds is 6.